The van der Waals surface area contributed by atoms with Gasteiger partial charge in [0, 0.05) is 13.6 Å². The van der Waals surface area contributed by atoms with Crippen LogP contribution in [0.5, 0.6) is 6.01 Å². The van der Waals surface area contributed by atoms with E-state index >= 15 is 0 Å². The SMILES string of the molecule is CNc1nc(NCc2cscc2C)nc(OC)n1. The molecule has 2 aromatic rings. The lowest BCUT2D eigenvalue weighted by Crippen LogP contribution is -2.08. The Morgan fingerprint density at radius 1 is 1.22 bits per heavy atom. The molecule has 0 saturated carbocycles. The molecular formula is C11H15N5OS. The second-order valence-electron chi connectivity index (χ2n) is 3.65. The zero-order chi connectivity index (χ0) is 13.0. The van der Waals surface area contributed by atoms with Crippen molar-refractivity contribution < 1.29 is 4.74 Å². The molecule has 2 heterocycles. The van der Waals surface area contributed by atoms with Crippen molar-refractivity contribution in [2.24, 2.45) is 0 Å². The fourth-order valence-electron chi connectivity index (χ4n) is 1.38. The molecule has 2 aromatic heterocycles. The lowest BCUT2D eigenvalue weighted by Gasteiger charge is -2.07. The van der Waals surface area contributed by atoms with Gasteiger partial charge in [-0.15, -0.1) is 0 Å². The number of hydrogen-bond donors (Lipinski definition) is 2. The molecule has 7 heteroatoms. The van der Waals surface area contributed by atoms with E-state index in [1.54, 1.807) is 18.4 Å². The number of thiophene rings is 1. The van der Waals surface area contributed by atoms with E-state index in [2.05, 4.69) is 43.3 Å². The lowest BCUT2D eigenvalue weighted by atomic mass is 10.2. The first-order valence-corrected chi connectivity index (χ1v) is 6.40. The molecule has 18 heavy (non-hydrogen) atoms. The van der Waals surface area contributed by atoms with Crippen molar-refractivity contribution >= 4 is 23.2 Å². The fourth-order valence-corrected chi connectivity index (χ4v) is 2.24. The third kappa shape index (κ3) is 2.86. The highest BCUT2D eigenvalue weighted by Crippen LogP contribution is 2.16. The molecule has 0 fully saturated rings. The van der Waals surface area contributed by atoms with Crippen LogP contribution in [0.4, 0.5) is 11.9 Å². The maximum absolute atomic E-state index is 5.02. The standard InChI is InChI=1S/C11H15N5OS/c1-7-5-18-6-8(7)4-13-10-14-9(12-2)15-11(16-10)17-3/h5-6H,4H2,1-3H3,(H2,12,13,14,15,16). The van der Waals surface area contributed by atoms with Crippen LogP contribution >= 0.6 is 11.3 Å². The largest absolute Gasteiger partial charge is 0.467 e. The molecule has 0 amide bonds. The van der Waals surface area contributed by atoms with Crippen LogP contribution in [-0.2, 0) is 6.54 Å². The molecule has 0 aliphatic carbocycles. The van der Waals surface area contributed by atoms with E-state index in [4.69, 9.17) is 4.74 Å². The van der Waals surface area contributed by atoms with Gasteiger partial charge in [0.25, 0.3) is 0 Å². The third-order valence-electron chi connectivity index (χ3n) is 2.42. The molecule has 96 valence electrons. The Morgan fingerprint density at radius 3 is 2.61 bits per heavy atom. The summed E-state index contributed by atoms with van der Waals surface area (Å²) in [5, 5.41) is 10.3. The number of ether oxygens (including phenoxy) is 1. The number of nitrogens with one attached hydrogen (secondary N) is 2. The van der Waals surface area contributed by atoms with Crippen molar-refractivity contribution in [1.29, 1.82) is 0 Å². The van der Waals surface area contributed by atoms with Gasteiger partial charge >= 0.3 is 6.01 Å². The molecule has 0 unspecified atom stereocenters. The minimum Gasteiger partial charge on any atom is -0.467 e. The van der Waals surface area contributed by atoms with Crippen molar-refractivity contribution in [3.63, 3.8) is 0 Å². The van der Waals surface area contributed by atoms with Crippen LogP contribution < -0.4 is 15.4 Å². The zero-order valence-corrected chi connectivity index (χ0v) is 11.3. The van der Waals surface area contributed by atoms with E-state index in [-0.39, 0.29) is 0 Å². The Morgan fingerprint density at radius 2 is 2.00 bits per heavy atom. The Bertz CT molecular complexity index is 506. The maximum atomic E-state index is 5.02. The van der Waals surface area contributed by atoms with Gasteiger partial charge in [-0.2, -0.15) is 26.3 Å². The van der Waals surface area contributed by atoms with Gasteiger partial charge in [-0.05, 0) is 28.8 Å². The molecule has 0 bridgehead atoms. The van der Waals surface area contributed by atoms with Gasteiger partial charge in [-0.1, -0.05) is 0 Å². The molecule has 0 saturated heterocycles. The minimum atomic E-state index is 0.291. The number of nitrogens with zero attached hydrogens (tertiary/aromatic N) is 3. The predicted molar refractivity (Wildman–Crippen MR) is 72.3 cm³/mol. The van der Waals surface area contributed by atoms with Gasteiger partial charge in [0.2, 0.25) is 11.9 Å². The molecule has 0 spiro atoms. The van der Waals surface area contributed by atoms with Gasteiger partial charge < -0.3 is 15.4 Å². The summed E-state index contributed by atoms with van der Waals surface area (Å²) in [6.07, 6.45) is 0. The summed E-state index contributed by atoms with van der Waals surface area (Å²) in [5.41, 5.74) is 2.51. The van der Waals surface area contributed by atoms with Crippen molar-refractivity contribution in [2.75, 3.05) is 24.8 Å². The van der Waals surface area contributed by atoms with Crippen LogP contribution in [0.25, 0.3) is 0 Å². The molecule has 0 aromatic carbocycles. The Hall–Kier alpha value is -1.89. The number of hydrogen-bond acceptors (Lipinski definition) is 7. The van der Waals surface area contributed by atoms with Gasteiger partial charge in [0.1, 0.15) is 0 Å². The summed E-state index contributed by atoms with van der Waals surface area (Å²) in [6.45, 7) is 2.77. The van der Waals surface area contributed by atoms with Gasteiger partial charge in [-0.25, -0.2) is 0 Å². The average Bonchev–Trinajstić information content (AvgIpc) is 2.81. The fraction of sp³-hybridized carbons (Fsp3) is 0.364. The van der Waals surface area contributed by atoms with Gasteiger partial charge in [0.15, 0.2) is 0 Å². The van der Waals surface area contributed by atoms with E-state index < -0.39 is 0 Å². The van der Waals surface area contributed by atoms with Crippen LogP contribution in [0.3, 0.4) is 0 Å². The highest BCUT2D eigenvalue weighted by atomic mass is 32.1. The topological polar surface area (TPSA) is 72.0 Å². The molecule has 2 N–H and O–H groups in total. The number of anilines is 2. The normalized spacial score (nSPS) is 10.2. The van der Waals surface area contributed by atoms with E-state index in [0.717, 1.165) is 0 Å². The van der Waals surface area contributed by atoms with E-state index in [1.807, 2.05) is 0 Å². The molecule has 0 radical (unpaired) electrons. The van der Waals surface area contributed by atoms with E-state index in [1.165, 1.54) is 18.2 Å². The summed E-state index contributed by atoms with van der Waals surface area (Å²) in [6, 6.07) is 0.291. The van der Waals surface area contributed by atoms with Crippen LogP contribution in [0.15, 0.2) is 10.8 Å². The number of rotatable bonds is 5. The monoisotopic (exact) mass is 265 g/mol. The molecular weight excluding hydrogens is 250 g/mol. The quantitative estimate of drug-likeness (QED) is 0.860. The molecule has 0 atom stereocenters. The summed E-state index contributed by atoms with van der Waals surface area (Å²) >= 11 is 1.69. The predicted octanol–water partition coefficient (Wildman–Crippen LogP) is 1.90. The number of methoxy groups -OCH3 is 1. The average molecular weight is 265 g/mol. The summed E-state index contributed by atoms with van der Waals surface area (Å²) in [4.78, 5) is 12.4. The number of aromatic nitrogens is 3. The third-order valence-corrected chi connectivity index (χ3v) is 3.33. The van der Waals surface area contributed by atoms with E-state index in [0.29, 0.717) is 24.5 Å². The molecule has 6 nitrogen and oxygen atoms in total. The van der Waals surface area contributed by atoms with Crippen molar-refractivity contribution in [3.8, 4) is 6.01 Å². The molecule has 0 aliphatic rings. The Kier molecular flexibility index (Phi) is 3.93. The lowest BCUT2D eigenvalue weighted by molar-refractivity contribution is 0.379. The molecule has 0 aliphatic heterocycles. The Balaban J connectivity index is 2.11. The minimum absolute atomic E-state index is 0.291. The second-order valence-corrected chi connectivity index (χ2v) is 4.40. The Labute approximate surface area is 109 Å². The first-order valence-electron chi connectivity index (χ1n) is 5.46. The highest BCUT2D eigenvalue weighted by Gasteiger charge is 2.06. The summed E-state index contributed by atoms with van der Waals surface area (Å²) in [7, 11) is 3.28. The van der Waals surface area contributed by atoms with Crippen LogP contribution in [0, 0.1) is 6.92 Å². The van der Waals surface area contributed by atoms with E-state index in [9.17, 15) is 0 Å². The summed E-state index contributed by atoms with van der Waals surface area (Å²) < 4.78 is 5.02. The van der Waals surface area contributed by atoms with Crippen LogP contribution in [-0.4, -0.2) is 29.1 Å². The van der Waals surface area contributed by atoms with Crippen molar-refractivity contribution in [1.82, 2.24) is 15.0 Å². The number of aryl methyl sites for hydroxylation is 1. The maximum Gasteiger partial charge on any atom is 0.322 e. The first-order chi connectivity index (χ1) is 8.72. The van der Waals surface area contributed by atoms with Gasteiger partial charge in [-0.3, -0.25) is 0 Å². The van der Waals surface area contributed by atoms with Gasteiger partial charge in [0.05, 0.1) is 7.11 Å². The zero-order valence-electron chi connectivity index (χ0n) is 10.5. The molecule has 2 rings (SSSR count). The van der Waals surface area contributed by atoms with Crippen molar-refractivity contribution in [3.05, 3.63) is 21.9 Å². The smallest absolute Gasteiger partial charge is 0.322 e. The summed E-state index contributed by atoms with van der Waals surface area (Å²) in [5.74, 6) is 0.975. The second kappa shape index (κ2) is 5.63. The highest BCUT2D eigenvalue weighted by molar-refractivity contribution is 7.08. The first kappa shape index (κ1) is 12.6. The van der Waals surface area contributed by atoms with Crippen LogP contribution in [0.1, 0.15) is 11.1 Å². The van der Waals surface area contributed by atoms with Crippen molar-refractivity contribution in [2.45, 2.75) is 13.5 Å². The van der Waals surface area contributed by atoms with Crippen LogP contribution in [0.2, 0.25) is 0 Å².